The van der Waals surface area contributed by atoms with Gasteiger partial charge in [0.05, 0.1) is 36.3 Å². The van der Waals surface area contributed by atoms with Crippen LogP contribution in [0.3, 0.4) is 0 Å². The summed E-state index contributed by atoms with van der Waals surface area (Å²) in [5, 5.41) is 2.98. The number of ether oxygens (including phenoxy) is 2. The molecular weight excluding hydrogens is 276 g/mol. The van der Waals surface area contributed by atoms with Gasteiger partial charge in [0.25, 0.3) is 0 Å². The largest absolute Gasteiger partial charge is 0.495 e. The number of anilines is 1. The first-order chi connectivity index (χ1) is 8.47. The van der Waals surface area contributed by atoms with Gasteiger partial charge in [-0.15, -0.1) is 0 Å². The minimum atomic E-state index is -0.331. The van der Waals surface area contributed by atoms with Gasteiger partial charge in [0, 0.05) is 6.07 Å². The van der Waals surface area contributed by atoms with Crippen molar-refractivity contribution in [2.24, 2.45) is 5.73 Å². The fourth-order valence-corrected chi connectivity index (χ4v) is 1.68. The van der Waals surface area contributed by atoms with Crippen molar-refractivity contribution in [2.45, 2.75) is 6.42 Å². The van der Waals surface area contributed by atoms with Gasteiger partial charge in [-0.25, -0.2) is 0 Å². The van der Waals surface area contributed by atoms with Gasteiger partial charge in [-0.1, -0.05) is 23.8 Å². The number of nitrogens with one attached hydrogen (secondary N) is 1. The molecular formula is C11H13ClN2O3S. The maximum atomic E-state index is 11.5. The van der Waals surface area contributed by atoms with Gasteiger partial charge in [-0.2, -0.15) is 0 Å². The minimum absolute atomic E-state index is 0.0395. The molecule has 0 aromatic heterocycles. The van der Waals surface area contributed by atoms with Crippen LogP contribution >= 0.6 is 23.8 Å². The van der Waals surface area contributed by atoms with E-state index in [1.165, 1.54) is 20.3 Å². The average molecular weight is 289 g/mol. The number of rotatable bonds is 5. The van der Waals surface area contributed by atoms with Crippen LogP contribution in [-0.2, 0) is 4.79 Å². The molecule has 0 saturated heterocycles. The third kappa shape index (κ3) is 3.75. The van der Waals surface area contributed by atoms with Crippen LogP contribution < -0.4 is 20.5 Å². The first-order valence-corrected chi connectivity index (χ1v) is 5.76. The smallest absolute Gasteiger partial charge is 0.231 e. The highest BCUT2D eigenvalue weighted by molar-refractivity contribution is 7.80. The van der Waals surface area contributed by atoms with Crippen molar-refractivity contribution >= 4 is 40.4 Å². The predicted molar refractivity (Wildman–Crippen MR) is 74.6 cm³/mol. The number of nitrogens with two attached hydrogens (primary N) is 1. The number of thiocarbonyl (C=S) groups is 1. The first-order valence-electron chi connectivity index (χ1n) is 4.97. The number of hydrogen-bond donors (Lipinski definition) is 2. The molecule has 0 atom stereocenters. The monoisotopic (exact) mass is 288 g/mol. The Hall–Kier alpha value is -1.53. The van der Waals surface area contributed by atoms with Crippen LogP contribution in [0.2, 0.25) is 5.02 Å². The van der Waals surface area contributed by atoms with E-state index in [0.29, 0.717) is 22.2 Å². The van der Waals surface area contributed by atoms with Crippen molar-refractivity contribution in [2.75, 3.05) is 19.5 Å². The van der Waals surface area contributed by atoms with Crippen molar-refractivity contribution in [3.8, 4) is 11.5 Å². The lowest BCUT2D eigenvalue weighted by atomic mass is 10.2. The van der Waals surface area contributed by atoms with Gasteiger partial charge in [-0.3, -0.25) is 4.79 Å². The quantitative estimate of drug-likeness (QED) is 0.811. The van der Waals surface area contributed by atoms with Gasteiger partial charge in [0.2, 0.25) is 5.91 Å². The molecule has 5 nitrogen and oxygen atoms in total. The number of carbonyl (C=O) groups is 1. The highest BCUT2D eigenvalue weighted by atomic mass is 35.5. The number of amides is 1. The number of methoxy groups -OCH3 is 2. The lowest BCUT2D eigenvalue weighted by Gasteiger charge is -2.12. The van der Waals surface area contributed by atoms with Gasteiger partial charge in [0.1, 0.15) is 11.5 Å². The molecule has 98 valence electrons. The van der Waals surface area contributed by atoms with Crippen LogP contribution in [0.1, 0.15) is 6.42 Å². The molecule has 0 aliphatic carbocycles. The zero-order valence-electron chi connectivity index (χ0n) is 9.95. The van der Waals surface area contributed by atoms with Crippen molar-refractivity contribution < 1.29 is 14.3 Å². The summed E-state index contributed by atoms with van der Waals surface area (Å²) >= 11 is 10.6. The molecule has 0 saturated carbocycles. The molecule has 0 aliphatic heterocycles. The van der Waals surface area contributed by atoms with Crippen LogP contribution in [0, 0.1) is 0 Å². The van der Waals surface area contributed by atoms with Crippen LogP contribution in [0.15, 0.2) is 12.1 Å². The molecule has 0 unspecified atom stereocenters. The Labute approximate surface area is 115 Å². The summed E-state index contributed by atoms with van der Waals surface area (Å²) in [5.74, 6) is 0.565. The number of carbonyl (C=O) groups excluding carboxylic acids is 1. The lowest BCUT2D eigenvalue weighted by molar-refractivity contribution is -0.115. The van der Waals surface area contributed by atoms with Crippen LogP contribution in [0.25, 0.3) is 0 Å². The second-order valence-electron chi connectivity index (χ2n) is 3.38. The van der Waals surface area contributed by atoms with Gasteiger partial charge < -0.3 is 20.5 Å². The summed E-state index contributed by atoms with van der Waals surface area (Å²) in [4.78, 5) is 11.7. The Bertz CT molecular complexity index is 480. The maximum Gasteiger partial charge on any atom is 0.231 e. The predicted octanol–water partition coefficient (Wildman–Crippen LogP) is 1.97. The third-order valence-corrected chi connectivity index (χ3v) is 2.52. The first kappa shape index (κ1) is 14.5. The summed E-state index contributed by atoms with van der Waals surface area (Å²) in [6, 6.07) is 3.12. The standard InChI is InChI=1S/C11H13ClN2O3S/c1-16-8-4-9(17-2)7(3-6(8)12)14-11(15)5-10(13)18/h3-4H,5H2,1-2H3,(H2,13,18)(H,14,15). The second kappa shape index (κ2) is 6.42. The highest BCUT2D eigenvalue weighted by Crippen LogP contribution is 2.35. The van der Waals surface area contributed by atoms with Gasteiger partial charge >= 0.3 is 0 Å². The van der Waals surface area contributed by atoms with Gasteiger partial charge in [-0.05, 0) is 6.07 Å². The fourth-order valence-electron chi connectivity index (χ4n) is 1.31. The van der Waals surface area contributed by atoms with E-state index in [1.807, 2.05) is 0 Å². The van der Waals surface area contributed by atoms with E-state index in [9.17, 15) is 4.79 Å². The van der Waals surface area contributed by atoms with E-state index in [4.69, 9.17) is 26.8 Å². The summed E-state index contributed by atoms with van der Waals surface area (Å²) in [6.45, 7) is 0. The van der Waals surface area contributed by atoms with E-state index in [1.54, 1.807) is 6.07 Å². The average Bonchev–Trinajstić information content (AvgIpc) is 2.28. The molecule has 1 amide bonds. The number of halogens is 1. The molecule has 0 bridgehead atoms. The van der Waals surface area contributed by atoms with Gasteiger partial charge in [0.15, 0.2) is 0 Å². The summed E-state index contributed by atoms with van der Waals surface area (Å²) < 4.78 is 10.2. The normalized spacial score (nSPS) is 9.72. The van der Waals surface area contributed by atoms with Crippen molar-refractivity contribution in [1.29, 1.82) is 0 Å². The van der Waals surface area contributed by atoms with E-state index in [2.05, 4.69) is 17.5 Å². The number of benzene rings is 1. The Balaban J connectivity index is 2.97. The minimum Gasteiger partial charge on any atom is -0.495 e. The molecule has 0 spiro atoms. The van der Waals surface area contributed by atoms with Crippen molar-refractivity contribution in [1.82, 2.24) is 0 Å². The van der Waals surface area contributed by atoms with E-state index in [-0.39, 0.29) is 17.3 Å². The van der Waals surface area contributed by atoms with E-state index < -0.39 is 0 Å². The van der Waals surface area contributed by atoms with E-state index >= 15 is 0 Å². The molecule has 1 aromatic carbocycles. The highest BCUT2D eigenvalue weighted by Gasteiger charge is 2.12. The zero-order valence-corrected chi connectivity index (χ0v) is 11.5. The SMILES string of the molecule is COc1cc(OC)c(NC(=O)CC(N)=S)cc1Cl. The molecule has 1 aromatic rings. The molecule has 0 radical (unpaired) electrons. The van der Waals surface area contributed by atoms with Crippen molar-refractivity contribution in [3.63, 3.8) is 0 Å². The number of hydrogen-bond acceptors (Lipinski definition) is 4. The Morgan fingerprint density at radius 2 is 2.00 bits per heavy atom. The molecule has 18 heavy (non-hydrogen) atoms. The topological polar surface area (TPSA) is 73.6 Å². The van der Waals surface area contributed by atoms with E-state index in [0.717, 1.165) is 0 Å². The Morgan fingerprint density at radius 1 is 1.39 bits per heavy atom. The summed E-state index contributed by atoms with van der Waals surface area (Å²) in [5.41, 5.74) is 5.72. The fraction of sp³-hybridized carbons (Fsp3) is 0.273. The van der Waals surface area contributed by atoms with Crippen LogP contribution in [-0.4, -0.2) is 25.1 Å². The second-order valence-corrected chi connectivity index (χ2v) is 4.31. The van der Waals surface area contributed by atoms with Crippen LogP contribution in [0.4, 0.5) is 5.69 Å². The molecule has 0 heterocycles. The Morgan fingerprint density at radius 3 is 2.50 bits per heavy atom. The lowest BCUT2D eigenvalue weighted by Crippen LogP contribution is -2.20. The maximum absolute atomic E-state index is 11.5. The zero-order chi connectivity index (χ0) is 13.7. The molecule has 3 N–H and O–H groups in total. The third-order valence-electron chi connectivity index (χ3n) is 2.08. The molecule has 1 rings (SSSR count). The summed E-state index contributed by atoms with van der Waals surface area (Å²) in [6.07, 6.45) is -0.0395. The summed E-state index contributed by atoms with van der Waals surface area (Å²) in [7, 11) is 2.97. The molecule has 0 aliphatic rings. The Kier molecular flexibility index (Phi) is 5.18. The molecule has 0 fully saturated rings. The molecule has 7 heteroatoms. The van der Waals surface area contributed by atoms with Crippen LogP contribution in [0.5, 0.6) is 11.5 Å². The van der Waals surface area contributed by atoms with Crippen molar-refractivity contribution in [3.05, 3.63) is 17.2 Å².